The summed E-state index contributed by atoms with van der Waals surface area (Å²) in [5, 5.41) is 5.90. The van der Waals surface area contributed by atoms with E-state index in [1.54, 1.807) is 30.5 Å². The van der Waals surface area contributed by atoms with E-state index in [0.29, 0.717) is 22.8 Å². The van der Waals surface area contributed by atoms with Crippen LogP contribution >= 0.6 is 0 Å². The summed E-state index contributed by atoms with van der Waals surface area (Å²) < 4.78 is 13.4. The van der Waals surface area contributed by atoms with Gasteiger partial charge in [-0.25, -0.2) is 9.37 Å². The molecule has 138 valence electrons. The number of pyridine rings is 1. The van der Waals surface area contributed by atoms with E-state index in [4.69, 9.17) is 0 Å². The van der Waals surface area contributed by atoms with E-state index in [0.717, 1.165) is 12.1 Å². The van der Waals surface area contributed by atoms with Crippen LogP contribution in [0.25, 0.3) is 0 Å². The average Bonchev–Trinajstić information content (AvgIpc) is 2.62. The van der Waals surface area contributed by atoms with Gasteiger partial charge in [0.2, 0.25) is 0 Å². The Hall–Kier alpha value is -3.25. The minimum absolute atomic E-state index is 0.288. The second-order valence-electron chi connectivity index (χ2n) is 6.43. The third kappa shape index (κ3) is 5.12. The molecule has 0 aliphatic rings. The molecule has 0 saturated carbocycles. The number of anilines is 3. The third-order valence-corrected chi connectivity index (χ3v) is 3.82. The van der Waals surface area contributed by atoms with Crippen LogP contribution in [0.3, 0.4) is 0 Å². The average molecular weight is 364 g/mol. The fourth-order valence-electron chi connectivity index (χ4n) is 2.70. The van der Waals surface area contributed by atoms with E-state index in [2.05, 4.69) is 20.5 Å². The van der Waals surface area contributed by atoms with Crippen molar-refractivity contribution >= 4 is 23.1 Å². The molecule has 1 heterocycles. The minimum atomic E-state index is -0.361. The number of carbonyl (C=O) groups is 1. The van der Waals surface area contributed by atoms with Crippen LogP contribution in [0.1, 0.15) is 15.9 Å². The lowest BCUT2D eigenvalue weighted by molar-refractivity contribution is 0.102. The molecule has 3 rings (SSSR count). The Labute approximate surface area is 157 Å². The molecule has 1 amide bonds. The van der Waals surface area contributed by atoms with E-state index in [-0.39, 0.29) is 11.7 Å². The summed E-state index contributed by atoms with van der Waals surface area (Å²) in [6, 6.07) is 17.1. The van der Waals surface area contributed by atoms with Gasteiger partial charge >= 0.3 is 0 Å². The van der Waals surface area contributed by atoms with Gasteiger partial charge in [-0.05, 0) is 62.1 Å². The van der Waals surface area contributed by atoms with E-state index in [9.17, 15) is 9.18 Å². The monoisotopic (exact) mass is 364 g/mol. The molecule has 2 N–H and O–H groups in total. The van der Waals surface area contributed by atoms with Gasteiger partial charge in [0.1, 0.15) is 11.6 Å². The Morgan fingerprint density at radius 1 is 1.04 bits per heavy atom. The van der Waals surface area contributed by atoms with Crippen molar-refractivity contribution in [2.45, 2.75) is 6.54 Å². The summed E-state index contributed by atoms with van der Waals surface area (Å²) in [6.07, 6.45) is 1.58. The molecule has 27 heavy (non-hydrogen) atoms. The van der Waals surface area contributed by atoms with Crippen LogP contribution in [0.4, 0.5) is 21.6 Å². The zero-order chi connectivity index (χ0) is 19.2. The summed E-state index contributed by atoms with van der Waals surface area (Å²) in [4.78, 5) is 19.0. The summed E-state index contributed by atoms with van der Waals surface area (Å²) in [6.45, 7) is 0.781. The van der Waals surface area contributed by atoms with Crippen molar-refractivity contribution < 1.29 is 9.18 Å². The predicted octanol–water partition coefficient (Wildman–Crippen LogP) is 4.28. The normalized spacial score (nSPS) is 10.7. The highest BCUT2D eigenvalue weighted by Crippen LogP contribution is 2.21. The quantitative estimate of drug-likeness (QED) is 0.685. The molecule has 2 aromatic carbocycles. The van der Waals surface area contributed by atoms with Crippen LogP contribution in [0.2, 0.25) is 0 Å². The van der Waals surface area contributed by atoms with Gasteiger partial charge in [0.15, 0.2) is 0 Å². The summed E-state index contributed by atoms with van der Waals surface area (Å²) in [5.74, 6) is -0.284. The standard InChI is InChI=1S/C21H21FN4O/c1-26(2)14-15-6-3-8-17(12-15)25-21(27)19-10-5-11-23-20(19)24-18-9-4-7-16(22)13-18/h3-13H,14H2,1-2H3,(H,23,24)(H,25,27). The number of halogens is 1. The van der Waals surface area contributed by atoms with Crippen molar-refractivity contribution in [3.63, 3.8) is 0 Å². The van der Waals surface area contributed by atoms with E-state index >= 15 is 0 Å². The van der Waals surface area contributed by atoms with Gasteiger partial charge in [-0.15, -0.1) is 0 Å². The molecule has 0 aliphatic carbocycles. The maximum Gasteiger partial charge on any atom is 0.259 e. The molecule has 0 saturated heterocycles. The second kappa shape index (κ2) is 8.42. The van der Waals surface area contributed by atoms with Crippen molar-refractivity contribution in [2.24, 2.45) is 0 Å². The highest BCUT2D eigenvalue weighted by molar-refractivity contribution is 6.07. The molecular weight excluding hydrogens is 343 g/mol. The van der Waals surface area contributed by atoms with Crippen molar-refractivity contribution in [1.29, 1.82) is 0 Å². The third-order valence-electron chi connectivity index (χ3n) is 3.82. The first kappa shape index (κ1) is 18.5. The first-order chi connectivity index (χ1) is 13.0. The Morgan fingerprint density at radius 3 is 2.59 bits per heavy atom. The molecule has 0 fully saturated rings. The number of nitrogens with one attached hydrogen (secondary N) is 2. The number of amides is 1. The van der Waals surface area contributed by atoms with E-state index < -0.39 is 0 Å². The molecule has 5 nitrogen and oxygen atoms in total. The molecule has 3 aromatic rings. The second-order valence-corrected chi connectivity index (χ2v) is 6.43. The number of aromatic nitrogens is 1. The van der Waals surface area contributed by atoms with Gasteiger partial charge in [-0.2, -0.15) is 0 Å². The predicted molar refractivity (Wildman–Crippen MR) is 106 cm³/mol. The lowest BCUT2D eigenvalue weighted by Crippen LogP contribution is -2.15. The van der Waals surface area contributed by atoms with Crippen molar-refractivity contribution in [3.05, 3.63) is 83.8 Å². The molecule has 0 atom stereocenters. The zero-order valence-corrected chi connectivity index (χ0v) is 15.2. The fraction of sp³-hybridized carbons (Fsp3) is 0.143. The number of nitrogens with zero attached hydrogens (tertiary/aromatic N) is 2. The Morgan fingerprint density at radius 2 is 1.81 bits per heavy atom. The van der Waals surface area contributed by atoms with Crippen molar-refractivity contribution in [2.75, 3.05) is 24.7 Å². The largest absolute Gasteiger partial charge is 0.339 e. The maximum absolute atomic E-state index is 13.4. The zero-order valence-electron chi connectivity index (χ0n) is 15.2. The highest BCUT2D eigenvalue weighted by Gasteiger charge is 2.13. The lowest BCUT2D eigenvalue weighted by atomic mass is 10.1. The lowest BCUT2D eigenvalue weighted by Gasteiger charge is -2.13. The molecule has 0 bridgehead atoms. The van der Waals surface area contributed by atoms with Gasteiger partial charge in [0.05, 0.1) is 5.56 Å². The van der Waals surface area contributed by atoms with Crippen molar-refractivity contribution in [3.8, 4) is 0 Å². The Bertz CT molecular complexity index is 943. The van der Waals surface area contributed by atoms with E-state index in [1.165, 1.54) is 12.1 Å². The molecule has 0 aliphatic heterocycles. The fourth-order valence-corrected chi connectivity index (χ4v) is 2.70. The van der Waals surface area contributed by atoms with Gasteiger partial charge < -0.3 is 15.5 Å². The minimum Gasteiger partial charge on any atom is -0.339 e. The smallest absolute Gasteiger partial charge is 0.259 e. The number of carbonyl (C=O) groups excluding carboxylic acids is 1. The van der Waals surface area contributed by atoms with Gasteiger partial charge in [0.25, 0.3) is 5.91 Å². The SMILES string of the molecule is CN(C)Cc1cccc(NC(=O)c2cccnc2Nc2cccc(F)c2)c1. The summed E-state index contributed by atoms with van der Waals surface area (Å²) in [5.41, 5.74) is 2.71. The van der Waals surface area contributed by atoms with Crippen molar-refractivity contribution in [1.82, 2.24) is 9.88 Å². The number of hydrogen-bond acceptors (Lipinski definition) is 4. The molecule has 6 heteroatoms. The van der Waals surface area contributed by atoms with Gasteiger partial charge in [-0.1, -0.05) is 18.2 Å². The molecular formula is C21H21FN4O. The first-order valence-electron chi connectivity index (χ1n) is 8.54. The Kier molecular flexibility index (Phi) is 5.78. The topological polar surface area (TPSA) is 57.3 Å². The Balaban J connectivity index is 1.79. The highest BCUT2D eigenvalue weighted by atomic mass is 19.1. The maximum atomic E-state index is 13.4. The number of benzene rings is 2. The van der Waals surface area contributed by atoms with Crippen LogP contribution in [-0.4, -0.2) is 29.9 Å². The van der Waals surface area contributed by atoms with Crippen LogP contribution in [0.15, 0.2) is 66.9 Å². The molecule has 0 radical (unpaired) electrons. The molecule has 0 spiro atoms. The van der Waals surface area contributed by atoms with Crippen LogP contribution in [-0.2, 0) is 6.54 Å². The van der Waals surface area contributed by atoms with E-state index in [1.807, 2.05) is 38.4 Å². The summed E-state index contributed by atoms with van der Waals surface area (Å²) >= 11 is 0. The number of hydrogen-bond donors (Lipinski definition) is 2. The van der Waals surface area contributed by atoms with Crippen LogP contribution < -0.4 is 10.6 Å². The molecule has 0 unspecified atom stereocenters. The van der Waals surface area contributed by atoms with Gasteiger partial charge in [0, 0.05) is 24.1 Å². The number of rotatable bonds is 6. The van der Waals surface area contributed by atoms with Crippen LogP contribution in [0, 0.1) is 5.82 Å². The van der Waals surface area contributed by atoms with Gasteiger partial charge in [-0.3, -0.25) is 4.79 Å². The molecule has 1 aromatic heterocycles. The first-order valence-corrected chi connectivity index (χ1v) is 8.54. The van der Waals surface area contributed by atoms with Crippen LogP contribution in [0.5, 0.6) is 0 Å². The summed E-state index contributed by atoms with van der Waals surface area (Å²) in [7, 11) is 3.98.